The molecular formula is C53H53N5O12S2. The monoisotopic (exact) mass is 1020 g/mol. The molecule has 3 aromatic heterocycles. The SMILES string of the molecule is C=CCOC(=O)N1c2cc(OCc3cccc(COc4cc5c(cc4OC)C(=O)N4CC=C(c6cccs6)C[C@H]4C(OC)N5C(=O)OCC=C)n3)c(OC)cc2C(=O)N2CC=C(c3cccs3)CC2C1OC. The van der Waals surface area contributed by atoms with Crippen molar-refractivity contribution in [2.45, 2.75) is 50.6 Å². The number of methoxy groups -OCH3 is 4. The highest BCUT2D eigenvalue weighted by atomic mass is 32.1. The van der Waals surface area contributed by atoms with E-state index in [1.807, 2.05) is 47.2 Å². The van der Waals surface area contributed by atoms with Gasteiger partial charge in [-0.15, -0.1) is 22.7 Å². The fraction of sp³-hybridized carbons (Fsp3) is 0.302. The van der Waals surface area contributed by atoms with E-state index in [0.29, 0.717) is 37.3 Å². The number of carbonyl (C=O) groups excluding carboxylic acids is 4. The van der Waals surface area contributed by atoms with Crippen LogP contribution in [-0.2, 0) is 32.2 Å². The van der Waals surface area contributed by atoms with Crippen molar-refractivity contribution in [2.24, 2.45) is 0 Å². The molecule has 3 unspecified atom stereocenters. The number of fused-ring (bicyclic) bond motifs is 4. The number of nitrogens with zero attached hydrogens (tertiary/aromatic N) is 5. The second-order valence-corrected chi connectivity index (χ2v) is 18.7. The number of amides is 4. The summed E-state index contributed by atoms with van der Waals surface area (Å²) in [5.41, 5.74) is 3.96. The van der Waals surface area contributed by atoms with Crippen molar-refractivity contribution in [2.75, 3.05) is 64.5 Å². The van der Waals surface area contributed by atoms with E-state index >= 15 is 0 Å². The summed E-state index contributed by atoms with van der Waals surface area (Å²) in [5, 5.41) is 4.00. The van der Waals surface area contributed by atoms with Crippen LogP contribution in [0.3, 0.4) is 0 Å². The Morgan fingerprint density at radius 1 is 0.639 bits per heavy atom. The second-order valence-electron chi connectivity index (χ2n) is 16.8. The smallest absolute Gasteiger partial charge is 0.416 e. The lowest BCUT2D eigenvalue weighted by atomic mass is 9.97. The van der Waals surface area contributed by atoms with E-state index in [0.717, 1.165) is 20.9 Å². The van der Waals surface area contributed by atoms with Crippen LogP contribution in [-0.4, -0.2) is 118 Å². The molecule has 4 aliphatic rings. The highest BCUT2D eigenvalue weighted by Gasteiger charge is 2.48. The zero-order valence-corrected chi connectivity index (χ0v) is 41.8. The standard InChI is InChI=1S/C53H53N5O12S2/c1-7-20-67-52(61)57-38-28-44(42(63-3)26-36(38)48(59)55-18-16-32(46-14-10-22-71-46)24-40(55)50(57)65-5)69-30-34-12-9-13-35(54-34)31-70-45-29-39-37(27-43(45)64-4)49(60)56-19-17-33(47-15-11-23-72-47)25-41(56)51(66-6)58(39)53(62)68-21-8-2/h7-17,22-23,26-29,40-41,50-51H,1-2,18-21,24-25,30-31H2,3-6H3/t40-,41?,50?,51?/m0/s1. The number of ether oxygens (including phenoxy) is 8. The first-order valence-corrected chi connectivity index (χ1v) is 24.8. The van der Waals surface area contributed by atoms with Gasteiger partial charge in [0.15, 0.2) is 35.5 Å². The van der Waals surface area contributed by atoms with Crippen molar-refractivity contribution in [3.05, 3.63) is 147 Å². The number of anilines is 2. The van der Waals surface area contributed by atoms with Gasteiger partial charge in [0, 0.05) is 49.2 Å². The van der Waals surface area contributed by atoms with Gasteiger partial charge in [0.05, 0.1) is 60.2 Å². The summed E-state index contributed by atoms with van der Waals surface area (Å²) in [6.07, 6.45) is 4.52. The van der Waals surface area contributed by atoms with Crippen molar-refractivity contribution in [1.82, 2.24) is 14.8 Å². The van der Waals surface area contributed by atoms with Gasteiger partial charge in [-0.1, -0.05) is 55.7 Å². The summed E-state index contributed by atoms with van der Waals surface area (Å²) in [6, 6.07) is 18.5. The Morgan fingerprint density at radius 3 is 1.46 bits per heavy atom. The first-order valence-electron chi connectivity index (χ1n) is 23.0. The van der Waals surface area contributed by atoms with Crippen LogP contribution in [0.2, 0.25) is 0 Å². The average Bonchev–Trinajstić information content (AvgIpc) is 4.14. The molecule has 19 heteroatoms. The molecule has 5 aromatic rings. The Morgan fingerprint density at radius 2 is 1.08 bits per heavy atom. The number of aromatic nitrogens is 1. The highest BCUT2D eigenvalue weighted by molar-refractivity contribution is 7.11. The van der Waals surface area contributed by atoms with Gasteiger partial charge in [-0.05, 0) is 71.1 Å². The van der Waals surface area contributed by atoms with Crippen molar-refractivity contribution in [3.63, 3.8) is 0 Å². The molecule has 0 saturated heterocycles. The third kappa shape index (κ3) is 9.67. The topological polar surface area (TPSA) is 168 Å². The van der Waals surface area contributed by atoms with Crippen LogP contribution in [0.5, 0.6) is 23.0 Å². The molecule has 4 amide bonds. The van der Waals surface area contributed by atoms with E-state index in [1.165, 1.54) is 50.4 Å². The summed E-state index contributed by atoms with van der Waals surface area (Å²) >= 11 is 3.20. The maximum atomic E-state index is 14.5. The van der Waals surface area contributed by atoms with Crippen LogP contribution in [0.1, 0.15) is 54.7 Å². The quantitative estimate of drug-likeness (QED) is 0.0859. The fourth-order valence-electron chi connectivity index (χ4n) is 9.46. The van der Waals surface area contributed by atoms with Gasteiger partial charge in [-0.25, -0.2) is 19.4 Å². The number of thiophene rings is 2. The van der Waals surface area contributed by atoms with Crippen molar-refractivity contribution in [3.8, 4) is 23.0 Å². The maximum Gasteiger partial charge on any atom is 0.416 e. The van der Waals surface area contributed by atoms with Gasteiger partial charge in [0.1, 0.15) is 26.4 Å². The Kier molecular flexibility index (Phi) is 15.1. The molecule has 2 aromatic carbocycles. The molecule has 0 N–H and O–H groups in total. The highest BCUT2D eigenvalue weighted by Crippen LogP contribution is 2.45. The van der Waals surface area contributed by atoms with Crippen LogP contribution < -0.4 is 28.7 Å². The van der Waals surface area contributed by atoms with Gasteiger partial charge in [-0.2, -0.15) is 0 Å². The Hall–Kier alpha value is -7.45. The summed E-state index contributed by atoms with van der Waals surface area (Å²) < 4.78 is 47.7. The molecule has 17 nitrogen and oxygen atoms in total. The minimum absolute atomic E-state index is 0.0560. The van der Waals surface area contributed by atoms with Gasteiger partial charge in [0.2, 0.25) is 0 Å². The van der Waals surface area contributed by atoms with Crippen LogP contribution >= 0.6 is 22.7 Å². The number of pyridine rings is 1. The van der Waals surface area contributed by atoms with Crippen LogP contribution in [0.15, 0.2) is 115 Å². The molecule has 4 aliphatic heterocycles. The normalized spacial score (nSPS) is 19.3. The third-order valence-corrected chi connectivity index (χ3v) is 14.7. The molecular weight excluding hydrogens is 963 g/mol. The number of hydrogen-bond acceptors (Lipinski definition) is 15. The van der Waals surface area contributed by atoms with E-state index in [2.05, 4.69) is 13.2 Å². The van der Waals surface area contributed by atoms with Gasteiger partial charge in [-0.3, -0.25) is 14.6 Å². The largest absolute Gasteiger partial charge is 0.493 e. The summed E-state index contributed by atoms with van der Waals surface area (Å²) in [5.74, 6) is 0.329. The first-order chi connectivity index (χ1) is 35.1. The maximum absolute atomic E-state index is 14.5. The van der Waals surface area contributed by atoms with E-state index in [9.17, 15) is 19.2 Å². The fourth-order valence-corrected chi connectivity index (χ4v) is 11.0. The number of hydrogen-bond donors (Lipinski definition) is 0. The van der Waals surface area contributed by atoms with Gasteiger partial charge in [0.25, 0.3) is 11.8 Å². The average molecular weight is 1020 g/mol. The molecule has 0 radical (unpaired) electrons. The number of benzene rings is 2. The predicted octanol–water partition coefficient (Wildman–Crippen LogP) is 9.21. The van der Waals surface area contributed by atoms with E-state index in [-0.39, 0.29) is 83.7 Å². The summed E-state index contributed by atoms with van der Waals surface area (Å²) in [7, 11) is 5.93. The molecule has 0 saturated carbocycles. The number of carbonyl (C=O) groups is 4. The van der Waals surface area contributed by atoms with E-state index < -0.39 is 36.7 Å². The predicted molar refractivity (Wildman–Crippen MR) is 272 cm³/mol. The zero-order valence-electron chi connectivity index (χ0n) is 40.1. The second kappa shape index (κ2) is 21.9. The van der Waals surface area contributed by atoms with Crippen LogP contribution in [0, 0.1) is 0 Å². The van der Waals surface area contributed by atoms with Gasteiger partial charge >= 0.3 is 12.2 Å². The van der Waals surface area contributed by atoms with E-state index in [4.69, 9.17) is 42.9 Å². The minimum atomic E-state index is -0.936. The molecule has 7 heterocycles. The van der Waals surface area contributed by atoms with Crippen molar-refractivity contribution >= 4 is 69.2 Å². The van der Waals surface area contributed by atoms with Crippen molar-refractivity contribution in [1.29, 1.82) is 0 Å². The van der Waals surface area contributed by atoms with Crippen LogP contribution in [0.4, 0.5) is 21.0 Å². The minimum Gasteiger partial charge on any atom is -0.493 e. The summed E-state index contributed by atoms with van der Waals surface area (Å²) in [6.45, 7) is 7.74. The molecule has 0 spiro atoms. The molecule has 9 rings (SSSR count). The molecule has 374 valence electrons. The third-order valence-electron chi connectivity index (χ3n) is 12.8. The molecule has 0 aliphatic carbocycles. The molecule has 0 fully saturated rings. The lowest BCUT2D eigenvalue weighted by molar-refractivity contribution is 0.0175. The Bertz CT molecular complexity index is 2730. The zero-order chi connectivity index (χ0) is 50.5. The Labute approximate surface area is 424 Å². The van der Waals surface area contributed by atoms with Crippen LogP contribution in [0.25, 0.3) is 11.1 Å². The first kappa shape index (κ1) is 49.5. The van der Waals surface area contributed by atoms with E-state index in [1.54, 1.807) is 74.9 Å². The van der Waals surface area contributed by atoms with Crippen molar-refractivity contribution < 1.29 is 57.1 Å². The Balaban J connectivity index is 0.977. The lowest BCUT2D eigenvalue weighted by Gasteiger charge is -2.40. The molecule has 4 atom stereocenters. The van der Waals surface area contributed by atoms with Gasteiger partial charge < -0.3 is 47.7 Å². The summed E-state index contributed by atoms with van der Waals surface area (Å²) in [4.78, 5) is 70.1. The number of rotatable bonds is 16. The lowest BCUT2D eigenvalue weighted by Crippen LogP contribution is -2.55. The molecule has 72 heavy (non-hydrogen) atoms. The molecule has 0 bridgehead atoms.